The van der Waals surface area contributed by atoms with Gasteiger partial charge in [-0.2, -0.15) is 0 Å². The van der Waals surface area contributed by atoms with Gasteiger partial charge in [0.1, 0.15) is 22.8 Å². The van der Waals surface area contributed by atoms with Crippen LogP contribution in [0.2, 0.25) is 0 Å². The van der Waals surface area contributed by atoms with Crippen LogP contribution >= 0.6 is 23.1 Å². The zero-order chi connectivity index (χ0) is 19.0. The van der Waals surface area contributed by atoms with E-state index in [9.17, 15) is 4.39 Å². The van der Waals surface area contributed by atoms with E-state index >= 15 is 0 Å². The number of rotatable bonds is 4. The Morgan fingerprint density at radius 3 is 2.74 bits per heavy atom. The lowest BCUT2D eigenvalue weighted by Crippen LogP contribution is -1.92. The molecule has 4 aromatic rings. The number of pyridine rings is 1. The monoisotopic (exact) mass is 394 g/mol. The minimum atomic E-state index is -0.277. The first-order valence-corrected chi connectivity index (χ1v) is 10.1. The lowest BCUT2D eigenvalue weighted by molar-refractivity contribution is 0.628. The van der Waals surface area contributed by atoms with Gasteiger partial charge in [0, 0.05) is 21.4 Å². The molecule has 0 saturated heterocycles. The van der Waals surface area contributed by atoms with Gasteiger partial charge >= 0.3 is 0 Å². The Hall–Kier alpha value is -2.77. The molecular weight excluding hydrogens is 379 g/mol. The Morgan fingerprint density at radius 1 is 1.26 bits per heavy atom. The summed E-state index contributed by atoms with van der Waals surface area (Å²) < 4.78 is 14.1. The molecule has 0 spiro atoms. The third kappa shape index (κ3) is 3.09. The van der Waals surface area contributed by atoms with Gasteiger partial charge < -0.3 is 5.73 Å². The molecule has 0 unspecified atom stereocenters. The van der Waals surface area contributed by atoms with E-state index in [-0.39, 0.29) is 5.82 Å². The molecule has 0 radical (unpaired) electrons. The van der Waals surface area contributed by atoms with Crippen LogP contribution in [-0.4, -0.2) is 21.2 Å². The van der Waals surface area contributed by atoms with Crippen molar-refractivity contribution in [2.75, 3.05) is 12.0 Å². The molecule has 0 fully saturated rings. The summed E-state index contributed by atoms with van der Waals surface area (Å²) in [5.74, 6) is 0.164. The summed E-state index contributed by atoms with van der Waals surface area (Å²) in [7, 11) is 0. The van der Waals surface area contributed by atoms with Crippen molar-refractivity contribution in [2.24, 2.45) is 0 Å². The molecule has 0 aliphatic rings. The highest BCUT2D eigenvalue weighted by molar-refractivity contribution is 8.07. The van der Waals surface area contributed by atoms with Crippen LogP contribution in [0.5, 0.6) is 0 Å². The number of fused-ring (bicyclic) bond motifs is 3. The van der Waals surface area contributed by atoms with Gasteiger partial charge in [0.05, 0.1) is 15.9 Å². The second-order valence-corrected chi connectivity index (χ2v) is 7.60. The molecule has 27 heavy (non-hydrogen) atoms. The number of thiophene rings is 1. The standard InChI is InChI=1S/C20H15FN4S2/c1-3-4-15(26-2)13-9-14(11-5-7-12(21)8-6-11)25-20-16(13)17-18(27-20)19(22)24-10-23-17/h3-10H,1H2,2H3,(H2,22,23,24)/b15-4+. The fourth-order valence-corrected chi connectivity index (χ4v) is 4.59. The summed E-state index contributed by atoms with van der Waals surface area (Å²) in [5.41, 5.74) is 9.45. The number of halogens is 1. The van der Waals surface area contributed by atoms with E-state index in [1.165, 1.54) is 29.8 Å². The molecule has 0 amide bonds. The first kappa shape index (κ1) is 17.6. The lowest BCUT2D eigenvalue weighted by Gasteiger charge is -2.09. The van der Waals surface area contributed by atoms with Crippen molar-refractivity contribution in [1.82, 2.24) is 15.0 Å². The third-order valence-corrected chi connectivity index (χ3v) is 6.04. The van der Waals surface area contributed by atoms with E-state index in [0.29, 0.717) is 5.82 Å². The second-order valence-electron chi connectivity index (χ2n) is 5.75. The summed E-state index contributed by atoms with van der Waals surface area (Å²) >= 11 is 3.08. The Balaban J connectivity index is 2.10. The first-order chi connectivity index (χ1) is 13.1. The average Bonchev–Trinajstić information content (AvgIpc) is 3.06. The van der Waals surface area contributed by atoms with E-state index < -0.39 is 0 Å². The van der Waals surface area contributed by atoms with Crippen LogP contribution < -0.4 is 5.73 Å². The molecule has 0 bridgehead atoms. The van der Waals surface area contributed by atoms with E-state index in [4.69, 9.17) is 10.7 Å². The van der Waals surface area contributed by atoms with E-state index in [1.54, 1.807) is 30.0 Å². The van der Waals surface area contributed by atoms with E-state index in [2.05, 4.69) is 16.5 Å². The van der Waals surface area contributed by atoms with Gasteiger partial charge in [-0.05, 0) is 42.7 Å². The molecule has 7 heteroatoms. The molecule has 2 N–H and O–H groups in total. The summed E-state index contributed by atoms with van der Waals surface area (Å²) in [4.78, 5) is 15.2. The van der Waals surface area contributed by atoms with Crippen LogP contribution in [0.3, 0.4) is 0 Å². The molecule has 3 aromatic heterocycles. The van der Waals surface area contributed by atoms with Gasteiger partial charge in [-0.25, -0.2) is 19.3 Å². The number of anilines is 1. The van der Waals surface area contributed by atoms with Gasteiger partial charge in [-0.15, -0.1) is 23.1 Å². The molecule has 0 aliphatic heterocycles. The Morgan fingerprint density at radius 2 is 2.04 bits per heavy atom. The van der Waals surface area contributed by atoms with Crippen molar-refractivity contribution in [2.45, 2.75) is 0 Å². The van der Waals surface area contributed by atoms with Crippen LogP contribution in [0.1, 0.15) is 5.56 Å². The number of allylic oxidation sites excluding steroid dienone is 2. The average molecular weight is 395 g/mol. The van der Waals surface area contributed by atoms with Crippen molar-refractivity contribution in [3.63, 3.8) is 0 Å². The fraction of sp³-hybridized carbons (Fsp3) is 0.0500. The highest BCUT2D eigenvalue weighted by atomic mass is 32.2. The number of hydrogen-bond acceptors (Lipinski definition) is 6. The molecule has 1 aromatic carbocycles. The minimum absolute atomic E-state index is 0.277. The first-order valence-electron chi connectivity index (χ1n) is 8.09. The highest BCUT2D eigenvalue weighted by Gasteiger charge is 2.18. The fourth-order valence-electron chi connectivity index (χ4n) is 2.92. The number of hydrogen-bond donors (Lipinski definition) is 1. The summed E-state index contributed by atoms with van der Waals surface area (Å²) in [6.07, 6.45) is 7.20. The zero-order valence-electron chi connectivity index (χ0n) is 14.4. The van der Waals surface area contributed by atoms with E-state index in [0.717, 1.165) is 42.2 Å². The number of nitrogen functional groups attached to an aromatic ring is 1. The predicted molar refractivity (Wildman–Crippen MR) is 114 cm³/mol. The maximum absolute atomic E-state index is 13.3. The van der Waals surface area contributed by atoms with Crippen LogP contribution in [0, 0.1) is 5.82 Å². The highest BCUT2D eigenvalue weighted by Crippen LogP contribution is 2.41. The van der Waals surface area contributed by atoms with Crippen molar-refractivity contribution < 1.29 is 4.39 Å². The summed E-state index contributed by atoms with van der Waals surface area (Å²) in [6, 6.07) is 8.33. The van der Waals surface area contributed by atoms with E-state index in [1.807, 2.05) is 18.4 Å². The van der Waals surface area contributed by atoms with Crippen LogP contribution in [-0.2, 0) is 0 Å². The zero-order valence-corrected chi connectivity index (χ0v) is 16.1. The molecule has 4 nitrogen and oxygen atoms in total. The number of benzene rings is 1. The van der Waals surface area contributed by atoms with Gasteiger partial charge in [-0.3, -0.25) is 0 Å². The molecule has 4 rings (SSSR count). The number of nitrogens with zero attached hydrogens (tertiary/aromatic N) is 3. The number of aromatic nitrogens is 3. The van der Waals surface area contributed by atoms with Crippen LogP contribution in [0.15, 0.2) is 55.4 Å². The number of thioether (sulfide) groups is 1. The van der Waals surface area contributed by atoms with Crippen LogP contribution in [0.25, 0.3) is 36.6 Å². The lowest BCUT2D eigenvalue weighted by atomic mass is 10.1. The van der Waals surface area contributed by atoms with Gasteiger partial charge in [0.2, 0.25) is 0 Å². The van der Waals surface area contributed by atoms with Crippen molar-refractivity contribution in [3.05, 3.63) is 66.8 Å². The van der Waals surface area contributed by atoms with Crippen molar-refractivity contribution >= 4 is 54.3 Å². The molecule has 0 aliphatic carbocycles. The molecular formula is C20H15FN4S2. The Labute approximate surface area is 163 Å². The molecule has 0 saturated carbocycles. The van der Waals surface area contributed by atoms with Crippen LogP contribution in [0.4, 0.5) is 10.2 Å². The SMILES string of the molecule is C=C/C=C(/SC)c1cc(-c2ccc(F)cc2)nc2sc3c(N)ncnc3c12. The summed E-state index contributed by atoms with van der Waals surface area (Å²) in [5, 5.41) is 0.942. The second kappa shape index (κ2) is 7.09. The molecule has 0 atom stereocenters. The largest absolute Gasteiger partial charge is 0.382 e. The quantitative estimate of drug-likeness (QED) is 0.462. The smallest absolute Gasteiger partial charge is 0.144 e. The number of nitrogens with two attached hydrogens (primary N) is 1. The Bertz CT molecular complexity index is 1200. The topological polar surface area (TPSA) is 64.7 Å². The van der Waals surface area contributed by atoms with Gasteiger partial charge in [0.25, 0.3) is 0 Å². The molecule has 3 heterocycles. The normalized spacial score (nSPS) is 12.0. The maximum Gasteiger partial charge on any atom is 0.144 e. The third-order valence-electron chi connectivity index (χ3n) is 4.15. The van der Waals surface area contributed by atoms with Crippen molar-refractivity contribution in [1.29, 1.82) is 0 Å². The predicted octanol–water partition coefficient (Wildman–Crippen LogP) is 5.52. The minimum Gasteiger partial charge on any atom is -0.382 e. The van der Waals surface area contributed by atoms with Crippen molar-refractivity contribution in [3.8, 4) is 11.3 Å². The van der Waals surface area contributed by atoms with Gasteiger partial charge in [-0.1, -0.05) is 12.7 Å². The maximum atomic E-state index is 13.3. The van der Waals surface area contributed by atoms with Gasteiger partial charge in [0.15, 0.2) is 0 Å². The Kier molecular flexibility index (Phi) is 4.63. The molecule has 134 valence electrons. The summed E-state index contributed by atoms with van der Waals surface area (Å²) in [6.45, 7) is 3.82.